The van der Waals surface area contributed by atoms with Crippen LogP contribution in [0.25, 0.3) is 0 Å². The Hall–Kier alpha value is -1.93. The van der Waals surface area contributed by atoms with Crippen molar-refractivity contribution in [1.29, 1.82) is 0 Å². The van der Waals surface area contributed by atoms with Gasteiger partial charge in [0.25, 0.3) is 0 Å². The molecule has 0 radical (unpaired) electrons. The van der Waals surface area contributed by atoms with E-state index in [1.54, 1.807) is 0 Å². The molecule has 1 aromatic rings. The summed E-state index contributed by atoms with van der Waals surface area (Å²) in [5.74, 6) is -0.707. The second kappa shape index (κ2) is 8.07. The zero-order valence-electron chi connectivity index (χ0n) is 13.6. The molecule has 1 amide bonds. The molecule has 0 heterocycles. The molecule has 7 nitrogen and oxygen atoms in total. The van der Waals surface area contributed by atoms with Gasteiger partial charge < -0.3 is 10.1 Å². The van der Waals surface area contributed by atoms with Crippen molar-refractivity contribution >= 4 is 27.6 Å². The third-order valence-electron chi connectivity index (χ3n) is 2.73. The molecule has 128 valence electrons. The van der Waals surface area contributed by atoms with Crippen LogP contribution in [0.5, 0.6) is 0 Å². The number of carbonyl (C=O) groups excluding carboxylic acids is 2. The number of esters is 1. The van der Waals surface area contributed by atoms with Crippen LogP contribution in [0.4, 0.5) is 5.69 Å². The van der Waals surface area contributed by atoms with Crippen LogP contribution in [-0.4, -0.2) is 32.9 Å². The Bertz CT molecular complexity index is 653. The summed E-state index contributed by atoms with van der Waals surface area (Å²) < 4.78 is 31.7. The summed E-state index contributed by atoms with van der Waals surface area (Å²) >= 11 is 0. The van der Waals surface area contributed by atoms with Gasteiger partial charge in [-0.15, -0.1) is 0 Å². The van der Waals surface area contributed by atoms with E-state index in [0.717, 1.165) is 0 Å². The molecule has 1 rings (SSSR count). The molecule has 0 aliphatic rings. The van der Waals surface area contributed by atoms with Gasteiger partial charge in [-0.3, -0.25) is 9.59 Å². The first-order valence-corrected chi connectivity index (χ1v) is 8.66. The van der Waals surface area contributed by atoms with Crippen LogP contribution in [0.1, 0.15) is 27.7 Å². The number of carbonyl (C=O) groups is 2. The lowest BCUT2D eigenvalue weighted by Gasteiger charge is -2.15. The van der Waals surface area contributed by atoms with Crippen LogP contribution in [0.2, 0.25) is 0 Å². The smallest absolute Gasteiger partial charge is 0.323 e. The summed E-state index contributed by atoms with van der Waals surface area (Å²) in [6, 6.07) is 4.64. The van der Waals surface area contributed by atoms with Crippen LogP contribution >= 0.6 is 0 Å². The van der Waals surface area contributed by atoms with Crippen LogP contribution in [0.3, 0.4) is 0 Å². The molecule has 2 N–H and O–H groups in total. The van der Waals surface area contributed by atoms with E-state index >= 15 is 0 Å². The number of ether oxygens (including phenoxy) is 1. The fourth-order valence-electron chi connectivity index (χ4n) is 1.64. The number of benzene rings is 1. The van der Waals surface area contributed by atoms with Crippen molar-refractivity contribution < 1.29 is 22.7 Å². The molecule has 0 saturated carbocycles. The van der Waals surface area contributed by atoms with E-state index in [1.807, 2.05) is 13.8 Å². The zero-order valence-corrected chi connectivity index (χ0v) is 14.4. The Kier molecular flexibility index (Phi) is 6.71. The van der Waals surface area contributed by atoms with Crippen molar-refractivity contribution in [3.05, 3.63) is 24.3 Å². The average molecular weight is 342 g/mol. The first-order valence-electron chi connectivity index (χ1n) is 7.18. The molecule has 1 aromatic carbocycles. The molecule has 0 fully saturated rings. The topological polar surface area (TPSA) is 102 Å². The summed E-state index contributed by atoms with van der Waals surface area (Å²) in [5, 5.41) is 2.54. The second-order valence-electron chi connectivity index (χ2n) is 5.57. The fourth-order valence-corrected chi connectivity index (χ4v) is 2.84. The van der Waals surface area contributed by atoms with Gasteiger partial charge in [-0.25, -0.2) is 8.42 Å². The standard InChI is InChI=1S/C15H22N2O5S/c1-10(2)9-22-15(19)11(3)17-23(20,21)14-7-5-13(6-8-14)16-12(4)18/h5-8,10-11,17H,9H2,1-4H3,(H,16,18). The highest BCUT2D eigenvalue weighted by Crippen LogP contribution is 2.14. The fraction of sp³-hybridized carbons (Fsp3) is 0.467. The van der Waals surface area contributed by atoms with Crippen LogP contribution < -0.4 is 10.0 Å². The first kappa shape index (κ1) is 19.1. The van der Waals surface area contributed by atoms with E-state index in [1.165, 1.54) is 38.1 Å². The maximum Gasteiger partial charge on any atom is 0.323 e. The molecule has 23 heavy (non-hydrogen) atoms. The van der Waals surface area contributed by atoms with Gasteiger partial charge in [-0.1, -0.05) is 13.8 Å². The number of rotatable bonds is 7. The minimum Gasteiger partial charge on any atom is -0.464 e. The lowest BCUT2D eigenvalue weighted by atomic mass is 10.2. The van der Waals surface area contributed by atoms with E-state index in [0.29, 0.717) is 5.69 Å². The highest BCUT2D eigenvalue weighted by atomic mass is 32.2. The minimum absolute atomic E-state index is 0.00453. The van der Waals surface area contributed by atoms with Crippen LogP contribution in [0.15, 0.2) is 29.2 Å². The largest absolute Gasteiger partial charge is 0.464 e. The Balaban J connectivity index is 2.74. The van der Waals surface area contributed by atoms with Crippen molar-refractivity contribution in [2.75, 3.05) is 11.9 Å². The van der Waals surface area contributed by atoms with E-state index in [4.69, 9.17) is 4.74 Å². The van der Waals surface area contributed by atoms with Crippen molar-refractivity contribution in [2.24, 2.45) is 5.92 Å². The van der Waals surface area contributed by atoms with Gasteiger partial charge in [0.1, 0.15) is 6.04 Å². The van der Waals surface area contributed by atoms with Crippen LogP contribution in [0, 0.1) is 5.92 Å². The van der Waals surface area contributed by atoms with Gasteiger partial charge in [-0.2, -0.15) is 4.72 Å². The molecule has 0 aliphatic carbocycles. The van der Waals surface area contributed by atoms with Crippen molar-refractivity contribution in [2.45, 2.75) is 38.6 Å². The highest BCUT2D eigenvalue weighted by molar-refractivity contribution is 7.89. The quantitative estimate of drug-likeness (QED) is 0.731. The summed E-state index contributed by atoms with van der Waals surface area (Å²) in [6.45, 7) is 6.79. The van der Waals surface area contributed by atoms with Gasteiger partial charge in [0.2, 0.25) is 15.9 Å². The minimum atomic E-state index is -3.85. The monoisotopic (exact) mass is 342 g/mol. The van der Waals surface area contributed by atoms with Gasteiger partial charge >= 0.3 is 5.97 Å². The molecule has 0 aliphatic heterocycles. The molecule has 8 heteroatoms. The number of hydrogen-bond acceptors (Lipinski definition) is 5. The van der Waals surface area contributed by atoms with Gasteiger partial charge in [0.15, 0.2) is 0 Å². The third-order valence-corrected chi connectivity index (χ3v) is 4.29. The lowest BCUT2D eigenvalue weighted by Crippen LogP contribution is -2.39. The molecule has 1 atom stereocenters. The number of anilines is 1. The highest BCUT2D eigenvalue weighted by Gasteiger charge is 2.23. The van der Waals surface area contributed by atoms with E-state index in [2.05, 4.69) is 10.0 Å². The Morgan fingerprint density at radius 1 is 1.13 bits per heavy atom. The van der Waals surface area contributed by atoms with Gasteiger partial charge in [0.05, 0.1) is 11.5 Å². The van der Waals surface area contributed by atoms with E-state index in [-0.39, 0.29) is 23.3 Å². The predicted octanol–water partition coefficient (Wildman–Crippen LogP) is 1.51. The van der Waals surface area contributed by atoms with Gasteiger partial charge in [0, 0.05) is 12.6 Å². The second-order valence-corrected chi connectivity index (χ2v) is 7.29. The molecule has 1 unspecified atom stereocenters. The van der Waals surface area contributed by atoms with E-state index < -0.39 is 22.0 Å². The summed E-state index contributed by atoms with van der Waals surface area (Å²) in [4.78, 5) is 22.7. The summed E-state index contributed by atoms with van der Waals surface area (Å²) in [5.41, 5.74) is 0.487. The molecule has 0 bridgehead atoms. The van der Waals surface area contributed by atoms with E-state index in [9.17, 15) is 18.0 Å². The zero-order chi connectivity index (χ0) is 17.6. The first-order chi connectivity index (χ1) is 10.6. The number of nitrogens with one attached hydrogen (secondary N) is 2. The van der Waals surface area contributed by atoms with Crippen molar-refractivity contribution in [3.63, 3.8) is 0 Å². The molecular weight excluding hydrogens is 320 g/mol. The SMILES string of the molecule is CC(=O)Nc1ccc(S(=O)(=O)NC(C)C(=O)OCC(C)C)cc1. The molecule has 0 saturated heterocycles. The van der Waals surface area contributed by atoms with Crippen molar-refractivity contribution in [3.8, 4) is 0 Å². The maximum absolute atomic E-state index is 12.2. The number of hydrogen-bond donors (Lipinski definition) is 2. The number of amides is 1. The summed E-state index contributed by atoms with van der Waals surface area (Å²) in [7, 11) is -3.85. The molecular formula is C15H22N2O5S. The average Bonchev–Trinajstić information content (AvgIpc) is 2.44. The predicted molar refractivity (Wildman–Crippen MR) is 86.3 cm³/mol. The molecule has 0 aromatic heterocycles. The Labute approximate surface area is 136 Å². The molecule has 0 spiro atoms. The third kappa shape index (κ3) is 6.37. The van der Waals surface area contributed by atoms with Crippen molar-refractivity contribution in [1.82, 2.24) is 4.72 Å². The normalized spacial score (nSPS) is 12.7. The lowest BCUT2D eigenvalue weighted by molar-refractivity contribution is -0.146. The van der Waals surface area contributed by atoms with Crippen LogP contribution in [-0.2, 0) is 24.3 Å². The summed E-state index contributed by atoms with van der Waals surface area (Å²) in [6.07, 6.45) is 0. The maximum atomic E-state index is 12.2. The Morgan fingerprint density at radius 2 is 1.70 bits per heavy atom. The Morgan fingerprint density at radius 3 is 2.17 bits per heavy atom. The number of sulfonamides is 1. The van der Waals surface area contributed by atoms with Gasteiger partial charge in [-0.05, 0) is 37.1 Å².